The van der Waals surface area contributed by atoms with E-state index >= 15 is 0 Å². The smallest absolute Gasteiger partial charge is 0.325 e. The summed E-state index contributed by atoms with van der Waals surface area (Å²) in [4.78, 5) is 24.2. The normalized spacial score (nSPS) is 23.8. The van der Waals surface area contributed by atoms with Crippen molar-refractivity contribution in [3.8, 4) is 0 Å². The van der Waals surface area contributed by atoms with Crippen LogP contribution in [0, 0.1) is 0 Å². The fraction of sp³-hybridized carbons (Fsp3) is 0.778. The van der Waals surface area contributed by atoms with Gasteiger partial charge in [0.2, 0.25) is 5.91 Å². The molecule has 1 heterocycles. The van der Waals surface area contributed by atoms with Gasteiger partial charge in [0.15, 0.2) is 0 Å². The Labute approximate surface area is 84.9 Å². The van der Waals surface area contributed by atoms with Gasteiger partial charge >= 0.3 is 5.97 Å². The molecule has 1 rings (SSSR count). The second-order valence-electron chi connectivity index (χ2n) is 3.40. The number of carbonyl (C=O) groups excluding carboxylic acids is 2. The van der Waals surface area contributed by atoms with Crippen molar-refractivity contribution >= 4 is 11.9 Å². The average Bonchev–Trinajstić information content (AvgIpc) is 2.50. The van der Waals surface area contributed by atoms with E-state index in [1.807, 2.05) is 0 Å². The summed E-state index contributed by atoms with van der Waals surface area (Å²) < 4.78 is 4.66. The second kappa shape index (κ2) is 4.41. The molecule has 14 heavy (non-hydrogen) atoms. The van der Waals surface area contributed by atoms with Crippen LogP contribution in [0.2, 0.25) is 0 Å². The first-order chi connectivity index (χ1) is 6.61. The molecule has 1 aliphatic rings. The van der Waals surface area contributed by atoms with E-state index in [1.54, 1.807) is 19.0 Å². The lowest BCUT2D eigenvalue weighted by atomic mass is 10.1. The summed E-state index contributed by atoms with van der Waals surface area (Å²) in [6.07, 6.45) is 1.21. The number of hydrogen-bond donors (Lipinski definition) is 1. The number of amides is 1. The minimum absolute atomic E-state index is 0. The van der Waals surface area contributed by atoms with E-state index in [1.165, 1.54) is 7.11 Å². The van der Waals surface area contributed by atoms with Gasteiger partial charge in [-0.2, -0.15) is 0 Å². The molecule has 0 aromatic rings. The van der Waals surface area contributed by atoms with Crippen molar-refractivity contribution in [2.75, 3.05) is 21.2 Å². The zero-order chi connectivity index (χ0) is 10.7. The van der Waals surface area contributed by atoms with Crippen molar-refractivity contribution in [2.24, 2.45) is 0 Å². The first-order valence-electron chi connectivity index (χ1n) is 4.62. The Bertz CT molecular complexity index is 248. The summed E-state index contributed by atoms with van der Waals surface area (Å²) in [7, 11) is 4.76. The standard InChI is InChI=1S/C9H16N2O3.H2/c1-10-8(9(13)14-3)6-4-5-7(12)11(6)2;/h6,8,10H,4-5H2,1-3H3;1H/t6-,8?;/m0./s1. The number of methoxy groups -OCH3 is 1. The van der Waals surface area contributed by atoms with E-state index in [0.717, 1.165) is 0 Å². The molecule has 82 valence electrons. The highest BCUT2D eigenvalue weighted by atomic mass is 16.5. The molecule has 1 N–H and O–H groups in total. The summed E-state index contributed by atoms with van der Waals surface area (Å²) in [5.74, 6) is -0.238. The number of carbonyl (C=O) groups is 2. The highest BCUT2D eigenvalue weighted by Gasteiger charge is 2.37. The molecule has 0 bridgehead atoms. The predicted molar refractivity (Wildman–Crippen MR) is 52.8 cm³/mol. The summed E-state index contributed by atoms with van der Waals surface area (Å²) in [5, 5.41) is 2.88. The third-order valence-electron chi connectivity index (χ3n) is 2.70. The Kier molecular flexibility index (Phi) is 3.46. The minimum atomic E-state index is -0.420. The molecular formula is C9H18N2O3. The average molecular weight is 202 g/mol. The van der Waals surface area contributed by atoms with Gasteiger partial charge in [-0.25, -0.2) is 0 Å². The Morgan fingerprint density at radius 1 is 1.79 bits per heavy atom. The summed E-state index contributed by atoms with van der Waals surface area (Å²) >= 11 is 0. The number of nitrogens with one attached hydrogen (secondary N) is 1. The SMILES string of the molecule is CNC(C(=O)OC)[C@@H]1CCC(=O)N1C.[HH]. The Morgan fingerprint density at radius 2 is 2.43 bits per heavy atom. The summed E-state index contributed by atoms with van der Waals surface area (Å²) in [5.41, 5.74) is 0. The second-order valence-corrected chi connectivity index (χ2v) is 3.40. The Morgan fingerprint density at radius 3 is 2.79 bits per heavy atom. The van der Waals surface area contributed by atoms with Gasteiger partial charge in [0.25, 0.3) is 0 Å². The topological polar surface area (TPSA) is 58.6 Å². The van der Waals surface area contributed by atoms with Crippen LogP contribution in [0.25, 0.3) is 0 Å². The largest absolute Gasteiger partial charge is 0.468 e. The number of ether oxygens (including phenoxy) is 1. The van der Waals surface area contributed by atoms with Gasteiger partial charge in [-0.15, -0.1) is 0 Å². The number of esters is 1. The Balaban J connectivity index is 0.00000196. The summed E-state index contributed by atoms with van der Waals surface area (Å²) in [6.45, 7) is 0. The first kappa shape index (κ1) is 11.0. The molecule has 1 unspecified atom stereocenters. The van der Waals surface area contributed by atoms with Gasteiger partial charge in [-0.1, -0.05) is 0 Å². The molecule has 1 fully saturated rings. The van der Waals surface area contributed by atoms with Crippen LogP contribution < -0.4 is 5.32 Å². The van der Waals surface area contributed by atoms with Crippen LogP contribution >= 0.6 is 0 Å². The molecule has 0 saturated carbocycles. The molecular weight excluding hydrogens is 184 g/mol. The van der Waals surface area contributed by atoms with Crippen molar-refractivity contribution in [3.05, 3.63) is 0 Å². The molecule has 1 aliphatic heterocycles. The van der Waals surface area contributed by atoms with E-state index in [-0.39, 0.29) is 19.3 Å². The lowest BCUT2D eigenvalue weighted by Gasteiger charge is -2.26. The van der Waals surface area contributed by atoms with Gasteiger partial charge in [0, 0.05) is 14.9 Å². The van der Waals surface area contributed by atoms with Crippen LogP contribution in [-0.4, -0.2) is 50.1 Å². The molecule has 0 aromatic heterocycles. The van der Waals surface area contributed by atoms with Crippen LogP contribution in [0.3, 0.4) is 0 Å². The molecule has 0 radical (unpaired) electrons. The molecule has 5 nitrogen and oxygen atoms in total. The van der Waals surface area contributed by atoms with Gasteiger partial charge in [0.1, 0.15) is 6.04 Å². The Hall–Kier alpha value is -1.10. The van der Waals surface area contributed by atoms with Crippen molar-refractivity contribution in [3.63, 3.8) is 0 Å². The van der Waals surface area contributed by atoms with Crippen molar-refractivity contribution < 1.29 is 15.8 Å². The molecule has 1 amide bonds. The molecule has 0 spiro atoms. The van der Waals surface area contributed by atoms with E-state index < -0.39 is 6.04 Å². The maximum atomic E-state index is 11.4. The van der Waals surface area contributed by atoms with Gasteiger partial charge < -0.3 is 15.0 Å². The predicted octanol–water partition coefficient (Wildman–Crippen LogP) is -0.386. The van der Waals surface area contributed by atoms with Crippen LogP contribution in [0.4, 0.5) is 0 Å². The number of likely N-dealkylation sites (N-methyl/N-ethyl adjacent to an activating group) is 2. The number of rotatable bonds is 3. The summed E-state index contributed by atoms with van der Waals surface area (Å²) in [6, 6.07) is -0.503. The zero-order valence-corrected chi connectivity index (χ0v) is 8.74. The zero-order valence-electron chi connectivity index (χ0n) is 8.74. The molecule has 0 aromatic carbocycles. The molecule has 5 heteroatoms. The number of likely N-dealkylation sites (tertiary alicyclic amines) is 1. The van der Waals surface area contributed by atoms with Gasteiger partial charge in [-0.05, 0) is 13.5 Å². The fourth-order valence-electron chi connectivity index (χ4n) is 1.81. The van der Waals surface area contributed by atoms with Crippen LogP contribution in [0.15, 0.2) is 0 Å². The molecule has 0 aliphatic carbocycles. The monoisotopic (exact) mass is 202 g/mol. The van der Waals surface area contributed by atoms with Crippen LogP contribution in [0.5, 0.6) is 0 Å². The maximum Gasteiger partial charge on any atom is 0.325 e. The van der Waals surface area contributed by atoms with E-state index in [9.17, 15) is 9.59 Å². The van der Waals surface area contributed by atoms with Crippen molar-refractivity contribution in [1.29, 1.82) is 0 Å². The highest BCUT2D eigenvalue weighted by Crippen LogP contribution is 2.19. The first-order valence-corrected chi connectivity index (χ1v) is 4.62. The lowest BCUT2D eigenvalue weighted by molar-refractivity contribution is -0.145. The van der Waals surface area contributed by atoms with Crippen LogP contribution in [0.1, 0.15) is 14.3 Å². The fourth-order valence-corrected chi connectivity index (χ4v) is 1.81. The number of nitrogens with zero attached hydrogens (tertiary/aromatic N) is 1. The maximum absolute atomic E-state index is 11.4. The van der Waals surface area contributed by atoms with Crippen molar-refractivity contribution in [1.82, 2.24) is 10.2 Å². The van der Waals surface area contributed by atoms with Crippen LogP contribution in [-0.2, 0) is 14.3 Å². The highest BCUT2D eigenvalue weighted by molar-refractivity contribution is 5.82. The van der Waals surface area contributed by atoms with E-state index in [2.05, 4.69) is 10.1 Å². The third kappa shape index (κ3) is 1.87. The minimum Gasteiger partial charge on any atom is -0.468 e. The lowest BCUT2D eigenvalue weighted by Crippen LogP contribution is -2.50. The van der Waals surface area contributed by atoms with E-state index in [0.29, 0.717) is 12.8 Å². The van der Waals surface area contributed by atoms with E-state index in [4.69, 9.17) is 0 Å². The molecule has 2 atom stereocenters. The van der Waals surface area contributed by atoms with Gasteiger partial charge in [0.05, 0.1) is 13.2 Å². The van der Waals surface area contributed by atoms with Crippen molar-refractivity contribution in [2.45, 2.75) is 24.9 Å². The third-order valence-corrected chi connectivity index (χ3v) is 2.70. The van der Waals surface area contributed by atoms with Gasteiger partial charge in [-0.3, -0.25) is 9.59 Å². The quantitative estimate of drug-likeness (QED) is 0.633. The molecule has 1 saturated heterocycles. The number of hydrogen-bond acceptors (Lipinski definition) is 4.